The van der Waals surface area contributed by atoms with Crippen LogP contribution in [0.1, 0.15) is 34.8 Å². The highest BCUT2D eigenvalue weighted by molar-refractivity contribution is 7.90. The van der Waals surface area contributed by atoms with Crippen LogP contribution in [-0.4, -0.2) is 49.6 Å². The zero-order valence-electron chi connectivity index (χ0n) is 13.7. The number of nitrogens with zero attached hydrogens (tertiary/aromatic N) is 1. The van der Waals surface area contributed by atoms with Crippen LogP contribution in [0, 0.1) is 19.3 Å². The lowest BCUT2D eigenvalue weighted by Gasteiger charge is -2.21. The highest BCUT2D eigenvalue weighted by Crippen LogP contribution is 2.32. The van der Waals surface area contributed by atoms with E-state index in [-0.39, 0.29) is 17.3 Å². The molecule has 0 spiro atoms. The summed E-state index contributed by atoms with van der Waals surface area (Å²) in [6.07, 6.45) is 1.49. The summed E-state index contributed by atoms with van der Waals surface area (Å²) >= 11 is 0. The summed E-state index contributed by atoms with van der Waals surface area (Å²) in [5.41, 5.74) is 0.801. The van der Waals surface area contributed by atoms with Gasteiger partial charge in [0.05, 0.1) is 10.3 Å². The summed E-state index contributed by atoms with van der Waals surface area (Å²) in [5, 5.41) is 9.27. The number of sulfone groups is 1. The van der Waals surface area contributed by atoms with Crippen molar-refractivity contribution in [1.29, 1.82) is 0 Å². The minimum absolute atomic E-state index is 0.101. The van der Waals surface area contributed by atoms with E-state index in [2.05, 4.69) is 0 Å². The number of likely N-dealkylation sites (tertiary alicyclic amines) is 1. The van der Waals surface area contributed by atoms with Gasteiger partial charge in [0.25, 0.3) is 5.91 Å². The molecule has 1 amide bonds. The molecule has 1 unspecified atom stereocenters. The molecule has 1 fully saturated rings. The average Bonchev–Trinajstić information content (AvgIpc) is 2.84. The maximum Gasteiger partial charge on any atom is 0.311 e. The van der Waals surface area contributed by atoms with E-state index in [1.807, 2.05) is 0 Å². The Balaban J connectivity index is 2.41. The molecule has 0 aliphatic carbocycles. The van der Waals surface area contributed by atoms with Gasteiger partial charge in [-0.3, -0.25) is 9.59 Å². The first-order valence-corrected chi connectivity index (χ1v) is 9.19. The summed E-state index contributed by atoms with van der Waals surface area (Å²) in [7, 11) is -3.42. The molecule has 1 heterocycles. The van der Waals surface area contributed by atoms with Gasteiger partial charge in [0.1, 0.15) is 0 Å². The third-order valence-corrected chi connectivity index (χ3v) is 5.67. The molecule has 1 saturated heterocycles. The van der Waals surface area contributed by atoms with Crippen LogP contribution < -0.4 is 0 Å². The minimum Gasteiger partial charge on any atom is -0.481 e. The number of benzene rings is 1. The number of carboxylic acids is 1. The minimum atomic E-state index is -3.42. The van der Waals surface area contributed by atoms with Crippen LogP contribution in [0.3, 0.4) is 0 Å². The number of aliphatic carboxylic acids is 1. The molecule has 1 aliphatic rings. The Hall–Kier alpha value is -1.89. The summed E-state index contributed by atoms with van der Waals surface area (Å²) < 4.78 is 23.6. The lowest BCUT2D eigenvalue weighted by atomic mass is 9.90. The van der Waals surface area contributed by atoms with E-state index in [1.165, 1.54) is 11.0 Å². The molecule has 0 saturated carbocycles. The smallest absolute Gasteiger partial charge is 0.311 e. The normalized spacial score (nSPS) is 21.5. The van der Waals surface area contributed by atoms with Crippen LogP contribution in [-0.2, 0) is 14.6 Å². The van der Waals surface area contributed by atoms with Crippen LogP contribution >= 0.6 is 0 Å². The number of carboxylic acid groups (broad SMARTS) is 1. The van der Waals surface area contributed by atoms with Gasteiger partial charge in [0.15, 0.2) is 9.84 Å². The Morgan fingerprint density at radius 3 is 2.35 bits per heavy atom. The standard InChI is InChI=1S/C16H21NO5S/c1-10-7-12(23(4,21)22)8-13(11(10)2)14(18)17-6-5-16(3,9-17)15(19)20/h7-8H,5-6,9H2,1-4H3,(H,19,20). The van der Waals surface area contributed by atoms with E-state index in [9.17, 15) is 23.1 Å². The highest BCUT2D eigenvalue weighted by atomic mass is 32.2. The van der Waals surface area contributed by atoms with Crippen LogP contribution in [0.2, 0.25) is 0 Å². The molecule has 1 aromatic rings. The average molecular weight is 339 g/mol. The van der Waals surface area contributed by atoms with Gasteiger partial charge < -0.3 is 10.0 Å². The Bertz CT molecular complexity index is 784. The molecule has 6 nitrogen and oxygen atoms in total. The fourth-order valence-corrected chi connectivity index (χ4v) is 3.46. The Labute approximate surface area is 136 Å². The van der Waals surface area contributed by atoms with E-state index < -0.39 is 21.2 Å². The number of hydrogen-bond acceptors (Lipinski definition) is 4. The van der Waals surface area contributed by atoms with E-state index in [1.54, 1.807) is 26.8 Å². The van der Waals surface area contributed by atoms with Gasteiger partial charge in [0, 0.05) is 24.9 Å². The van der Waals surface area contributed by atoms with E-state index >= 15 is 0 Å². The van der Waals surface area contributed by atoms with Crippen molar-refractivity contribution in [3.8, 4) is 0 Å². The summed E-state index contributed by atoms with van der Waals surface area (Å²) in [5.74, 6) is -1.24. The zero-order chi connectivity index (χ0) is 17.6. The van der Waals surface area contributed by atoms with Crippen LogP contribution in [0.5, 0.6) is 0 Å². The number of hydrogen-bond donors (Lipinski definition) is 1. The van der Waals surface area contributed by atoms with E-state index in [0.717, 1.165) is 11.8 Å². The summed E-state index contributed by atoms with van der Waals surface area (Å²) in [6, 6.07) is 2.93. The largest absolute Gasteiger partial charge is 0.481 e. The Morgan fingerprint density at radius 2 is 1.87 bits per heavy atom. The molecule has 0 radical (unpaired) electrons. The van der Waals surface area contributed by atoms with Crippen molar-refractivity contribution in [1.82, 2.24) is 4.90 Å². The molecule has 7 heteroatoms. The fourth-order valence-electron chi connectivity index (χ4n) is 2.74. The number of amides is 1. The van der Waals surface area contributed by atoms with E-state index in [0.29, 0.717) is 24.1 Å². The molecule has 0 aromatic heterocycles. The maximum atomic E-state index is 12.7. The van der Waals surface area contributed by atoms with Crippen molar-refractivity contribution >= 4 is 21.7 Å². The second kappa shape index (κ2) is 5.63. The SMILES string of the molecule is Cc1cc(S(C)(=O)=O)cc(C(=O)N2CCC(C)(C(=O)O)C2)c1C. The Kier molecular flexibility index (Phi) is 4.28. The van der Waals surface area contributed by atoms with Gasteiger partial charge >= 0.3 is 5.97 Å². The van der Waals surface area contributed by atoms with Gasteiger partial charge in [-0.15, -0.1) is 0 Å². The number of aryl methyl sites for hydroxylation is 1. The second-order valence-electron chi connectivity index (χ2n) is 6.53. The number of carbonyl (C=O) groups is 2. The molecule has 23 heavy (non-hydrogen) atoms. The molecule has 0 bridgehead atoms. The predicted molar refractivity (Wildman–Crippen MR) is 85.3 cm³/mol. The van der Waals surface area contributed by atoms with Crippen molar-refractivity contribution in [2.45, 2.75) is 32.1 Å². The van der Waals surface area contributed by atoms with Crippen molar-refractivity contribution in [2.24, 2.45) is 5.41 Å². The third kappa shape index (κ3) is 3.24. The second-order valence-corrected chi connectivity index (χ2v) is 8.54. The van der Waals surface area contributed by atoms with Gasteiger partial charge in [0.2, 0.25) is 0 Å². The Morgan fingerprint density at radius 1 is 1.26 bits per heavy atom. The molecule has 1 aromatic carbocycles. The molecule has 1 atom stereocenters. The van der Waals surface area contributed by atoms with Gasteiger partial charge in [-0.05, 0) is 50.5 Å². The van der Waals surface area contributed by atoms with Gasteiger partial charge in [-0.25, -0.2) is 8.42 Å². The molecule has 1 N–H and O–H groups in total. The summed E-state index contributed by atoms with van der Waals surface area (Å²) in [4.78, 5) is 25.7. The monoisotopic (exact) mass is 339 g/mol. The molecular weight excluding hydrogens is 318 g/mol. The lowest BCUT2D eigenvalue weighted by Crippen LogP contribution is -2.35. The zero-order valence-corrected chi connectivity index (χ0v) is 14.5. The number of carbonyl (C=O) groups excluding carboxylic acids is 1. The molecule has 1 aliphatic heterocycles. The van der Waals surface area contributed by atoms with Crippen molar-refractivity contribution < 1.29 is 23.1 Å². The van der Waals surface area contributed by atoms with Crippen LogP contribution in [0.15, 0.2) is 17.0 Å². The van der Waals surface area contributed by atoms with Crippen molar-refractivity contribution in [2.75, 3.05) is 19.3 Å². The molecule has 2 rings (SSSR count). The first-order valence-electron chi connectivity index (χ1n) is 7.30. The fraction of sp³-hybridized carbons (Fsp3) is 0.500. The topological polar surface area (TPSA) is 91.8 Å². The maximum absolute atomic E-state index is 12.7. The lowest BCUT2D eigenvalue weighted by molar-refractivity contribution is -0.147. The predicted octanol–water partition coefficient (Wildman–Crippen LogP) is 1.64. The summed E-state index contributed by atoms with van der Waals surface area (Å²) in [6.45, 7) is 5.62. The van der Waals surface area contributed by atoms with Crippen LogP contribution in [0.25, 0.3) is 0 Å². The van der Waals surface area contributed by atoms with Crippen LogP contribution in [0.4, 0.5) is 0 Å². The highest BCUT2D eigenvalue weighted by Gasteiger charge is 2.42. The van der Waals surface area contributed by atoms with Crippen molar-refractivity contribution in [3.63, 3.8) is 0 Å². The number of rotatable bonds is 3. The third-order valence-electron chi connectivity index (χ3n) is 4.58. The first kappa shape index (κ1) is 17.5. The quantitative estimate of drug-likeness (QED) is 0.904. The van der Waals surface area contributed by atoms with Gasteiger partial charge in [-0.1, -0.05) is 0 Å². The first-order chi connectivity index (χ1) is 10.5. The van der Waals surface area contributed by atoms with Crippen molar-refractivity contribution in [3.05, 3.63) is 28.8 Å². The molecular formula is C16H21NO5S. The molecule has 126 valence electrons. The van der Waals surface area contributed by atoms with E-state index in [4.69, 9.17) is 0 Å². The van der Waals surface area contributed by atoms with Gasteiger partial charge in [-0.2, -0.15) is 0 Å².